The van der Waals surface area contributed by atoms with Crippen LogP contribution in [0.2, 0.25) is 0 Å². The van der Waals surface area contributed by atoms with Gasteiger partial charge >= 0.3 is 0 Å². The highest BCUT2D eigenvalue weighted by Gasteiger charge is 2.19. The molecule has 3 heteroatoms. The van der Waals surface area contributed by atoms with Crippen LogP contribution in [0.3, 0.4) is 0 Å². The maximum atomic E-state index is 4.48. The molecule has 88 valence electrons. The predicted molar refractivity (Wildman–Crippen MR) is 67.7 cm³/mol. The summed E-state index contributed by atoms with van der Waals surface area (Å²) in [6.45, 7) is 2.03. The minimum atomic E-state index is 0.596. The van der Waals surface area contributed by atoms with Gasteiger partial charge in [-0.05, 0) is 51.8 Å². The zero-order valence-corrected chi connectivity index (χ0v) is 10.2. The van der Waals surface area contributed by atoms with Crippen molar-refractivity contribution in [2.75, 3.05) is 12.4 Å². The third-order valence-electron chi connectivity index (χ3n) is 3.38. The van der Waals surface area contributed by atoms with E-state index in [4.69, 9.17) is 0 Å². The maximum absolute atomic E-state index is 4.48. The zero-order valence-electron chi connectivity index (χ0n) is 10.2. The lowest BCUT2D eigenvalue weighted by Gasteiger charge is -2.29. The summed E-state index contributed by atoms with van der Waals surface area (Å²) in [4.78, 5) is 4.48. The van der Waals surface area contributed by atoms with Crippen LogP contribution < -0.4 is 10.6 Å². The summed E-state index contributed by atoms with van der Waals surface area (Å²) in [5.74, 6) is 1.02. The Morgan fingerprint density at radius 1 is 1.12 bits per heavy atom. The van der Waals surface area contributed by atoms with Crippen molar-refractivity contribution in [2.24, 2.45) is 0 Å². The molecule has 1 saturated carbocycles. The van der Waals surface area contributed by atoms with Crippen molar-refractivity contribution in [3.8, 4) is 0 Å². The molecule has 1 aliphatic rings. The first kappa shape index (κ1) is 11.4. The van der Waals surface area contributed by atoms with Gasteiger partial charge in [-0.25, -0.2) is 4.98 Å². The Bertz CT molecular complexity index is 330. The summed E-state index contributed by atoms with van der Waals surface area (Å²) >= 11 is 0. The summed E-state index contributed by atoms with van der Waals surface area (Å²) in [6, 6.07) is 7.45. The Morgan fingerprint density at radius 3 is 2.44 bits per heavy atom. The molecule has 1 heterocycles. The first-order valence-electron chi connectivity index (χ1n) is 6.15. The van der Waals surface area contributed by atoms with E-state index >= 15 is 0 Å². The van der Waals surface area contributed by atoms with E-state index in [0.29, 0.717) is 12.1 Å². The highest BCUT2D eigenvalue weighted by molar-refractivity contribution is 5.36. The molecule has 0 spiro atoms. The quantitative estimate of drug-likeness (QED) is 0.819. The van der Waals surface area contributed by atoms with Gasteiger partial charge in [0, 0.05) is 17.8 Å². The third kappa shape index (κ3) is 2.95. The fourth-order valence-electron chi connectivity index (χ4n) is 2.36. The van der Waals surface area contributed by atoms with Crippen LogP contribution in [0.15, 0.2) is 18.2 Å². The van der Waals surface area contributed by atoms with Crippen LogP contribution >= 0.6 is 0 Å². The fraction of sp³-hybridized carbons (Fsp3) is 0.615. The minimum absolute atomic E-state index is 0.596. The van der Waals surface area contributed by atoms with Gasteiger partial charge in [-0.3, -0.25) is 0 Å². The number of aryl methyl sites for hydroxylation is 1. The summed E-state index contributed by atoms with van der Waals surface area (Å²) in [5, 5.41) is 6.88. The number of nitrogens with zero attached hydrogens (tertiary/aromatic N) is 1. The molecule has 0 atom stereocenters. The van der Waals surface area contributed by atoms with Crippen LogP contribution in [0.4, 0.5) is 5.82 Å². The second-order valence-electron chi connectivity index (χ2n) is 4.65. The number of nitrogens with one attached hydrogen (secondary N) is 2. The highest BCUT2D eigenvalue weighted by Crippen LogP contribution is 2.21. The molecule has 0 saturated heterocycles. The number of anilines is 1. The number of rotatable bonds is 3. The van der Waals surface area contributed by atoms with Crippen LogP contribution in [-0.4, -0.2) is 24.1 Å². The third-order valence-corrected chi connectivity index (χ3v) is 3.38. The van der Waals surface area contributed by atoms with E-state index in [1.165, 1.54) is 25.7 Å². The topological polar surface area (TPSA) is 37.0 Å². The molecule has 2 N–H and O–H groups in total. The normalized spacial score (nSPS) is 25.4. The van der Waals surface area contributed by atoms with Gasteiger partial charge in [-0.1, -0.05) is 6.07 Å². The Morgan fingerprint density at radius 2 is 1.81 bits per heavy atom. The lowest BCUT2D eigenvalue weighted by Crippen LogP contribution is -2.35. The largest absolute Gasteiger partial charge is 0.367 e. The molecule has 0 radical (unpaired) electrons. The summed E-state index contributed by atoms with van der Waals surface area (Å²) in [5.41, 5.74) is 1.08. The molecule has 3 nitrogen and oxygen atoms in total. The molecule has 1 aromatic heterocycles. The molecule has 1 aromatic rings. The van der Waals surface area contributed by atoms with Gasteiger partial charge in [-0.15, -0.1) is 0 Å². The zero-order chi connectivity index (χ0) is 11.4. The van der Waals surface area contributed by atoms with Gasteiger partial charge in [0.15, 0.2) is 0 Å². The smallest absolute Gasteiger partial charge is 0.126 e. The van der Waals surface area contributed by atoms with Gasteiger partial charge < -0.3 is 10.6 Å². The lowest BCUT2D eigenvalue weighted by molar-refractivity contribution is 0.371. The maximum Gasteiger partial charge on any atom is 0.126 e. The molecule has 1 fully saturated rings. The summed E-state index contributed by atoms with van der Waals surface area (Å²) < 4.78 is 0. The standard InChI is InChI=1S/C13H21N3/c1-10-4-3-5-13(15-10)16-12-8-6-11(14-2)7-9-12/h3-5,11-12,14H,6-9H2,1-2H3,(H,15,16). The molecule has 2 rings (SSSR count). The Balaban J connectivity index is 1.87. The van der Waals surface area contributed by atoms with Gasteiger partial charge in [0.25, 0.3) is 0 Å². The van der Waals surface area contributed by atoms with E-state index in [-0.39, 0.29) is 0 Å². The first-order chi connectivity index (χ1) is 7.78. The average molecular weight is 219 g/mol. The van der Waals surface area contributed by atoms with E-state index in [1.807, 2.05) is 13.0 Å². The van der Waals surface area contributed by atoms with E-state index in [0.717, 1.165) is 11.5 Å². The Labute approximate surface area is 97.7 Å². The lowest BCUT2D eigenvalue weighted by atomic mass is 9.91. The van der Waals surface area contributed by atoms with E-state index < -0.39 is 0 Å². The molecule has 0 amide bonds. The van der Waals surface area contributed by atoms with Crippen LogP contribution in [0.25, 0.3) is 0 Å². The van der Waals surface area contributed by atoms with E-state index in [1.54, 1.807) is 0 Å². The summed E-state index contributed by atoms with van der Waals surface area (Å²) in [7, 11) is 2.06. The Kier molecular flexibility index (Phi) is 3.78. The van der Waals surface area contributed by atoms with Crippen molar-refractivity contribution in [2.45, 2.75) is 44.7 Å². The molecule has 0 aliphatic heterocycles. The first-order valence-corrected chi connectivity index (χ1v) is 6.15. The number of aromatic nitrogens is 1. The molecule has 0 aromatic carbocycles. The van der Waals surface area contributed by atoms with E-state index in [2.05, 4.69) is 34.8 Å². The number of hydrogen-bond donors (Lipinski definition) is 2. The molecule has 16 heavy (non-hydrogen) atoms. The van der Waals surface area contributed by atoms with Crippen molar-refractivity contribution in [1.82, 2.24) is 10.3 Å². The average Bonchev–Trinajstić information content (AvgIpc) is 2.30. The minimum Gasteiger partial charge on any atom is -0.367 e. The predicted octanol–water partition coefficient (Wildman–Crippen LogP) is 2.33. The highest BCUT2D eigenvalue weighted by atomic mass is 15.0. The number of hydrogen-bond acceptors (Lipinski definition) is 3. The van der Waals surface area contributed by atoms with Gasteiger partial charge in [0.1, 0.15) is 5.82 Å². The molecular weight excluding hydrogens is 198 g/mol. The molecular formula is C13H21N3. The van der Waals surface area contributed by atoms with E-state index in [9.17, 15) is 0 Å². The van der Waals surface area contributed by atoms with Gasteiger partial charge in [0.05, 0.1) is 0 Å². The van der Waals surface area contributed by atoms with Crippen molar-refractivity contribution < 1.29 is 0 Å². The molecule has 1 aliphatic carbocycles. The summed E-state index contributed by atoms with van der Waals surface area (Å²) in [6.07, 6.45) is 5.00. The van der Waals surface area contributed by atoms with Crippen molar-refractivity contribution >= 4 is 5.82 Å². The van der Waals surface area contributed by atoms with Crippen LogP contribution in [0.1, 0.15) is 31.4 Å². The monoisotopic (exact) mass is 219 g/mol. The van der Waals surface area contributed by atoms with Crippen LogP contribution in [0.5, 0.6) is 0 Å². The van der Waals surface area contributed by atoms with Crippen LogP contribution in [0, 0.1) is 6.92 Å². The SMILES string of the molecule is CNC1CCC(Nc2cccc(C)n2)CC1. The second kappa shape index (κ2) is 5.30. The Hall–Kier alpha value is -1.09. The van der Waals surface area contributed by atoms with Crippen molar-refractivity contribution in [3.05, 3.63) is 23.9 Å². The number of pyridine rings is 1. The molecule has 0 bridgehead atoms. The molecule has 0 unspecified atom stereocenters. The van der Waals surface area contributed by atoms with Gasteiger partial charge in [0.2, 0.25) is 0 Å². The van der Waals surface area contributed by atoms with Gasteiger partial charge in [-0.2, -0.15) is 0 Å². The second-order valence-corrected chi connectivity index (χ2v) is 4.65. The van der Waals surface area contributed by atoms with Crippen LogP contribution in [-0.2, 0) is 0 Å². The van der Waals surface area contributed by atoms with Crippen molar-refractivity contribution in [1.29, 1.82) is 0 Å². The van der Waals surface area contributed by atoms with Crippen molar-refractivity contribution in [3.63, 3.8) is 0 Å². The fourth-order valence-corrected chi connectivity index (χ4v) is 2.36.